The summed E-state index contributed by atoms with van der Waals surface area (Å²) in [6.45, 7) is 1.41. The van der Waals surface area contributed by atoms with Crippen LogP contribution in [-0.2, 0) is 10.0 Å². The van der Waals surface area contributed by atoms with E-state index in [2.05, 4.69) is 4.98 Å². The number of carbonyl (C=O) groups is 1. The first kappa shape index (κ1) is 14.2. The second kappa shape index (κ2) is 5.44. The molecule has 2 rings (SSSR count). The number of carbonyl (C=O) groups excluding carboxylic acids is 1. The molecule has 1 aliphatic heterocycles. The Kier molecular flexibility index (Phi) is 4.07. The second-order valence-electron chi connectivity index (χ2n) is 4.32. The Morgan fingerprint density at radius 2 is 1.95 bits per heavy atom. The van der Waals surface area contributed by atoms with Crippen LogP contribution < -0.4 is 0 Å². The van der Waals surface area contributed by atoms with E-state index in [1.807, 2.05) is 0 Å². The molecule has 0 radical (unpaired) electrons. The fraction of sp³-hybridized carbons (Fsp3) is 0.455. The van der Waals surface area contributed by atoms with Crippen molar-refractivity contribution in [3.8, 4) is 0 Å². The number of piperazine rings is 1. The summed E-state index contributed by atoms with van der Waals surface area (Å²) < 4.78 is 24.1. The number of pyridine rings is 1. The fourth-order valence-electron chi connectivity index (χ4n) is 1.94. The first-order valence-electron chi connectivity index (χ1n) is 5.74. The van der Waals surface area contributed by atoms with Crippen LogP contribution in [0.2, 0.25) is 5.15 Å². The molecule has 1 saturated heterocycles. The lowest BCUT2D eigenvalue weighted by Crippen LogP contribution is -2.50. The van der Waals surface area contributed by atoms with Crippen molar-refractivity contribution in [2.24, 2.45) is 0 Å². The molecule has 0 aliphatic carbocycles. The molecule has 0 bridgehead atoms. The van der Waals surface area contributed by atoms with Gasteiger partial charge in [-0.25, -0.2) is 13.4 Å². The Morgan fingerprint density at radius 3 is 2.47 bits per heavy atom. The number of nitrogens with zero attached hydrogens (tertiary/aromatic N) is 3. The molecule has 0 atom stereocenters. The lowest BCUT2D eigenvalue weighted by molar-refractivity contribution is 0.0698. The molecule has 1 aromatic heterocycles. The van der Waals surface area contributed by atoms with E-state index in [0.717, 1.165) is 0 Å². The Morgan fingerprint density at radius 1 is 1.32 bits per heavy atom. The third kappa shape index (κ3) is 3.43. The number of amides is 1. The maximum atomic E-state index is 12.2. The van der Waals surface area contributed by atoms with Crippen LogP contribution in [0.25, 0.3) is 0 Å². The molecule has 0 aromatic carbocycles. The van der Waals surface area contributed by atoms with Crippen LogP contribution in [0.15, 0.2) is 18.3 Å². The first-order valence-corrected chi connectivity index (χ1v) is 7.96. The average molecular weight is 304 g/mol. The summed E-state index contributed by atoms with van der Waals surface area (Å²) in [4.78, 5) is 17.6. The van der Waals surface area contributed by atoms with Crippen molar-refractivity contribution in [3.05, 3.63) is 29.0 Å². The van der Waals surface area contributed by atoms with E-state index >= 15 is 0 Å². The van der Waals surface area contributed by atoms with Gasteiger partial charge in [-0.15, -0.1) is 0 Å². The number of rotatable bonds is 2. The van der Waals surface area contributed by atoms with E-state index in [1.54, 1.807) is 11.0 Å². The third-order valence-electron chi connectivity index (χ3n) is 2.97. The predicted octanol–water partition coefficient (Wildman–Crippen LogP) is 0.452. The van der Waals surface area contributed by atoms with Gasteiger partial charge in [0.15, 0.2) is 0 Å². The van der Waals surface area contributed by atoms with Gasteiger partial charge in [0.1, 0.15) is 5.15 Å². The van der Waals surface area contributed by atoms with Crippen molar-refractivity contribution in [1.82, 2.24) is 14.2 Å². The number of hydrogen-bond acceptors (Lipinski definition) is 4. The van der Waals surface area contributed by atoms with Gasteiger partial charge in [-0.3, -0.25) is 4.79 Å². The van der Waals surface area contributed by atoms with Crippen LogP contribution in [0.5, 0.6) is 0 Å². The van der Waals surface area contributed by atoms with Gasteiger partial charge < -0.3 is 4.90 Å². The van der Waals surface area contributed by atoms with E-state index in [1.165, 1.54) is 22.8 Å². The molecule has 104 valence electrons. The van der Waals surface area contributed by atoms with Gasteiger partial charge in [0, 0.05) is 37.9 Å². The number of aromatic nitrogens is 1. The van der Waals surface area contributed by atoms with Gasteiger partial charge in [0.25, 0.3) is 5.91 Å². The standard InChI is InChI=1S/C11H14ClN3O3S/c1-19(17,18)15-6-4-14(5-7-15)11(16)9-2-3-13-10(12)8-9/h2-3,8H,4-7H2,1H3. The van der Waals surface area contributed by atoms with Crippen molar-refractivity contribution < 1.29 is 13.2 Å². The molecule has 0 N–H and O–H groups in total. The minimum absolute atomic E-state index is 0.155. The molecule has 1 aromatic rings. The van der Waals surface area contributed by atoms with Crippen molar-refractivity contribution in [2.45, 2.75) is 0 Å². The highest BCUT2D eigenvalue weighted by Gasteiger charge is 2.26. The lowest BCUT2D eigenvalue weighted by atomic mass is 10.2. The first-order chi connectivity index (χ1) is 8.88. The predicted molar refractivity (Wildman–Crippen MR) is 71.6 cm³/mol. The summed E-state index contributed by atoms with van der Waals surface area (Å²) in [6.07, 6.45) is 2.65. The second-order valence-corrected chi connectivity index (χ2v) is 6.69. The van der Waals surface area contributed by atoms with E-state index in [9.17, 15) is 13.2 Å². The van der Waals surface area contributed by atoms with Crippen molar-refractivity contribution in [1.29, 1.82) is 0 Å². The highest BCUT2D eigenvalue weighted by Crippen LogP contribution is 2.13. The molecule has 0 saturated carbocycles. The lowest BCUT2D eigenvalue weighted by Gasteiger charge is -2.33. The zero-order valence-corrected chi connectivity index (χ0v) is 12.0. The van der Waals surface area contributed by atoms with Crippen molar-refractivity contribution in [2.75, 3.05) is 32.4 Å². The Hall–Kier alpha value is -1.18. The van der Waals surface area contributed by atoms with Crippen LogP contribution >= 0.6 is 11.6 Å². The third-order valence-corrected chi connectivity index (χ3v) is 4.48. The van der Waals surface area contributed by atoms with Crippen LogP contribution in [-0.4, -0.2) is 60.9 Å². The minimum atomic E-state index is -3.18. The maximum absolute atomic E-state index is 12.2. The van der Waals surface area contributed by atoms with Crippen LogP contribution in [0, 0.1) is 0 Å². The van der Waals surface area contributed by atoms with E-state index in [-0.39, 0.29) is 11.1 Å². The number of halogens is 1. The summed E-state index contributed by atoms with van der Waals surface area (Å²) in [6, 6.07) is 3.10. The zero-order chi connectivity index (χ0) is 14.0. The van der Waals surface area contributed by atoms with Crippen molar-refractivity contribution >= 4 is 27.5 Å². The highest BCUT2D eigenvalue weighted by molar-refractivity contribution is 7.88. The summed E-state index contributed by atoms with van der Waals surface area (Å²) in [5.74, 6) is -0.155. The van der Waals surface area contributed by atoms with E-state index in [4.69, 9.17) is 11.6 Å². The molecule has 6 nitrogen and oxygen atoms in total. The molecule has 1 amide bonds. The summed E-state index contributed by atoms with van der Waals surface area (Å²) >= 11 is 5.74. The minimum Gasteiger partial charge on any atom is -0.336 e. The van der Waals surface area contributed by atoms with Crippen LogP contribution in [0.1, 0.15) is 10.4 Å². The van der Waals surface area contributed by atoms with Gasteiger partial charge in [0.2, 0.25) is 10.0 Å². The highest BCUT2D eigenvalue weighted by atomic mass is 35.5. The summed E-state index contributed by atoms with van der Waals surface area (Å²) in [5.41, 5.74) is 0.466. The van der Waals surface area contributed by atoms with Crippen LogP contribution in [0.4, 0.5) is 0 Å². The molecule has 0 spiro atoms. The van der Waals surface area contributed by atoms with E-state index in [0.29, 0.717) is 31.7 Å². The van der Waals surface area contributed by atoms with Gasteiger partial charge >= 0.3 is 0 Å². The van der Waals surface area contributed by atoms with Gasteiger partial charge in [0.05, 0.1) is 6.26 Å². The Labute approximate surface area is 117 Å². The maximum Gasteiger partial charge on any atom is 0.254 e. The molecule has 8 heteroatoms. The van der Waals surface area contributed by atoms with E-state index < -0.39 is 10.0 Å². The molecule has 19 heavy (non-hydrogen) atoms. The Bertz CT molecular complexity index is 583. The molecule has 2 heterocycles. The number of sulfonamides is 1. The molecular formula is C11H14ClN3O3S. The van der Waals surface area contributed by atoms with Crippen LogP contribution in [0.3, 0.4) is 0 Å². The topological polar surface area (TPSA) is 70.6 Å². The number of hydrogen-bond donors (Lipinski definition) is 0. The largest absolute Gasteiger partial charge is 0.336 e. The molecule has 0 unspecified atom stereocenters. The summed E-state index contributed by atoms with van der Waals surface area (Å²) in [5, 5.41) is 0.264. The SMILES string of the molecule is CS(=O)(=O)N1CCN(C(=O)c2ccnc(Cl)c2)CC1. The van der Waals surface area contributed by atoms with Gasteiger partial charge in [-0.05, 0) is 12.1 Å². The van der Waals surface area contributed by atoms with Gasteiger partial charge in [-0.1, -0.05) is 11.6 Å². The quantitative estimate of drug-likeness (QED) is 0.744. The Balaban J connectivity index is 2.04. The fourth-order valence-corrected chi connectivity index (χ4v) is 2.94. The summed E-state index contributed by atoms with van der Waals surface area (Å²) in [7, 11) is -3.18. The molecule has 1 fully saturated rings. The van der Waals surface area contributed by atoms with Crippen molar-refractivity contribution in [3.63, 3.8) is 0 Å². The average Bonchev–Trinajstić information content (AvgIpc) is 2.37. The monoisotopic (exact) mass is 303 g/mol. The zero-order valence-electron chi connectivity index (χ0n) is 10.4. The normalized spacial score (nSPS) is 17.5. The smallest absolute Gasteiger partial charge is 0.254 e. The van der Waals surface area contributed by atoms with Gasteiger partial charge in [-0.2, -0.15) is 4.31 Å². The molecule has 1 aliphatic rings. The molecular weight excluding hydrogens is 290 g/mol.